The van der Waals surface area contributed by atoms with Gasteiger partial charge in [-0.1, -0.05) is 6.92 Å². The molecular weight excluding hydrogens is 248 g/mol. The molecule has 0 bridgehead atoms. The van der Waals surface area contributed by atoms with Crippen LogP contribution in [0, 0.1) is 5.92 Å². The van der Waals surface area contributed by atoms with Gasteiger partial charge in [-0.25, -0.2) is 0 Å². The molecule has 19 heavy (non-hydrogen) atoms. The molecule has 1 atom stereocenters. The maximum Gasteiger partial charge on any atom is 0.310 e. The highest BCUT2D eigenvalue weighted by Gasteiger charge is 2.17. The largest absolute Gasteiger partial charge is 0.482 e. The molecule has 0 saturated carbocycles. The Bertz CT molecular complexity index is 501. The van der Waals surface area contributed by atoms with Gasteiger partial charge in [-0.3, -0.25) is 9.59 Å². The Morgan fingerprint density at radius 1 is 1.58 bits per heavy atom. The first-order chi connectivity index (χ1) is 9.10. The van der Waals surface area contributed by atoms with Crippen molar-refractivity contribution in [1.29, 1.82) is 0 Å². The molecule has 1 heterocycles. The molecule has 0 aliphatic carbocycles. The number of hydrogen-bond acceptors (Lipinski definition) is 5. The molecule has 1 aliphatic rings. The number of esters is 1. The van der Waals surface area contributed by atoms with Gasteiger partial charge in [-0.05, 0) is 18.2 Å². The lowest BCUT2D eigenvalue weighted by Gasteiger charge is -2.19. The van der Waals surface area contributed by atoms with E-state index in [1.165, 1.54) is 7.11 Å². The average Bonchev–Trinajstić information content (AvgIpc) is 2.43. The summed E-state index contributed by atoms with van der Waals surface area (Å²) in [6.07, 6.45) is 0. The van der Waals surface area contributed by atoms with Gasteiger partial charge in [0.2, 0.25) is 0 Å². The fourth-order valence-corrected chi connectivity index (χ4v) is 1.75. The van der Waals surface area contributed by atoms with Crippen molar-refractivity contribution in [3.05, 3.63) is 18.2 Å². The highest BCUT2D eigenvalue weighted by Crippen LogP contribution is 2.30. The number of ether oxygens (including phenoxy) is 2. The second-order valence-corrected chi connectivity index (χ2v) is 4.35. The van der Waals surface area contributed by atoms with Crippen LogP contribution in [0.4, 0.5) is 11.4 Å². The van der Waals surface area contributed by atoms with Crippen molar-refractivity contribution in [2.24, 2.45) is 5.92 Å². The molecule has 2 N–H and O–H groups in total. The quantitative estimate of drug-likeness (QED) is 0.800. The van der Waals surface area contributed by atoms with Crippen LogP contribution < -0.4 is 15.4 Å². The van der Waals surface area contributed by atoms with E-state index in [4.69, 9.17) is 4.74 Å². The Hall–Kier alpha value is -2.24. The summed E-state index contributed by atoms with van der Waals surface area (Å²) in [5.74, 6) is -0.0345. The summed E-state index contributed by atoms with van der Waals surface area (Å²) in [5.41, 5.74) is 1.44. The van der Waals surface area contributed by atoms with Crippen LogP contribution in [-0.2, 0) is 14.3 Å². The SMILES string of the molecule is COC(=O)C(C)CNc1ccc2c(c1)NC(=O)CO2. The van der Waals surface area contributed by atoms with E-state index in [9.17, 15) is 9.59 Å². The van der Waals surface area contributed by atoms with Crippen molar-refractivity contribution in [2.45, 2.75) is 6.92 Å². The van der Waals surface area contributed by atoms with Crippen LogP contribution in [0.25, 0.3) is 0 Å². The van der Waals surface area contributed by atoms with Gasteiger partial charge in [0.25, 0.3) is 5.91 Å². The maximum atomic E-state index is 11.3. The lowest BCUT2D eigenvalue weighted by Crippen LogP contribution is -2.25. The van der Waals surface area contributed by atoms with E-state index in [0.717, 1.165) is 5.69 Å². The zero-order valence-electron chi connectivity index (χ0n) is 10.9. The molecule has 1 aromatic carbocycles. The molecule has 1 aromatic rings. The number of nitrogens with one attached hydrogen (secondary N) is 2. The number of methoxy groups -OCH3 is 1. The second kappa shape index (κ2) is 5.60. The van der Waals surface area contributed by atoms with E-state index in [1.54, 1.807) is 19.1 Å². The van der Waals surface area contributed by atoms with Gasteiger partial charge >= 0.3 is 5.97 Å². The molecule has 6 nitrogen and oxygen atoms in total. The summed E-state index contributed by atoms with van der Waals surface area (Å²) in [4.78, 5) is 22.5. The predicted molar refractivity (Wildman–Crippen MR) is 70.2 cm³/mol. The molecule has 102 valence electrons. The van der Waals surface area contributed by atoms with Gasteiger partial charge in [0.1, 0.15) is 5.75 Å². The Balaban J connectivity index is 2.00. The van der Waals surface area contributed by atoms with Crippen molar-refractivity contribution in [2.75, 3.05) is 30.9 Å². The minimum Gasteiger partial charge on any atom is -0.482 e. The smallest absolute Gasteiger partial charge is 0.310 e. The van der Waals surface area contributed by atoms with Crippen LogP contribution in [0.15, 0.2) is 18.2 Å². The lowest BCUT2D eigenvalue weighted by atomic mass is 10.1. The van der Waals surface area contributed by atoms with Crippen LogP contribution in [0.5, 0.6) is 5.75 Å². The average molecular weight is 264 g/mol. The van der Waals surface area contributed by atoms with E-state index in [0.29, 0.717) is 18.0 Å². The van der Waals surface area contributed by atoms with Gasteiger partial charge in [-0.15, -0.1) is 0 Å². The third kappa shape index (κ3) is 3.15. The van der Waals surface area contributed by atoms with Crippen molar-refractivity contribution >= 4 is 23.3 Å². The van der Waals surface area contributed by atoms with Crippen molar-refractivity contribution in [3.8, 4) is 5.75 Å². The molecule has 6 heteroatoms. The molecule has 0 fully saturated rings. The number of hydrogen-bond donors (Lipinski definition) is 2. The summed E-state index contributed by atoms with van der Waals surface area (Å²) in [6, 6.07) is 5.39. The number of amides is 1. The number of anilines is 2. The molecular formula is C13H16N2O4. The van der Waals surface area contributed by atoms with Crippen molar-refractivity contribution in [3.63, 3.8) is 0 Å². The molecule has 0 radical (unpaired) electrons. The van der Waals surface area contributed by atoms with Crippen molar-refractivity contribution < 1.29 is 19.1 Å². The third-order valence-corrected chi connectivity index (χ3v) is 2.83. The van der Waals surface area contributed by atoms with Crippen LogP contribution >= 0.6 is 0 Å². The number of fused-ring (bicyclic) bond motifs is 1. The van der Waals surface area contributed by atoms with E-state index in [1.807, 2.05) is 6.07 Å². The van der Waals surface area contributed by atoms with E-state index in [-0.39, 0.29) is 24.4 Å². The molecule has 0 saturated heterocycles. The highest BCUT2D eigenvalue weighted by atomic mass is 16.5. The zero-order valence-corrected chi connectivity index (χ0v) is 10.9. The first-order valence-electron chi connectivity index (χ1n) is 5.98. The van der Waals surface area contributed by atoms with Gasteiger partial charge in [0, 0.05) is 12.2 Å². The summed E-state index contributed by atoms with van der Waals surface area (Å²) in [5, 5.41) is 5.84. The highest BCUT2D eigenvalue weighted by molar-refractivity contribution is 5.96. The first kappa shape index (κ1) is 13.2. The summed E-state index contributed by atoms with van der Waals surface area (Å²) < 4.78 is 9.91. The van der Waals surface area contributed by atoms with Crippen LogP contribution in [-0.4, -0.2) is 32.1 Å². The Morgan fingerprint density at radius 3 is 3.11 bits per heavy atom. The minimum atomic E-state index is -0.262. The molecule has 1 amide bonds. The van der Waals surface area contributed by atoms with Gasteiger partial charge < -0.3 is 20.1 Å². The second-order valence-electron chi connectivity index (χ2n) is 4.35. The van der Waals surface area contributed by atoms with E-state index >= 15 is 0 Å². The number of rotatable bonds is 4. The van der Waals surface area contributed by atoms with Gasteiger partial charge in [-0.2, -0.15) is 0 Å². The standard InChI is InChI=1S/C13H16N2O4/c1-8(13(17)18-2)6-14-9-3-4-11-10(5-9)15-12(16)7-19-11/h3-5,8,14H,6-7H2,1-2H3,(H,15,16). The third-order valence-electron chi connectivity index (χ3n) is 2.83. The van der Waals surface area contributed by atoms with E-state index in [2.05, 4.69) is 15.4 Å². The number of carbonyl (C=O) groups excluding carboxylic acids is 2. The monoisotopic (exact) mass is 264 g/mol. The normalized spacial score (nSPS) is 14.7. The number of carbonyl (C=O) groups is 2. The summed E-state index contributed by atoms with van der Waals surface area (Å²) in [7, 11) is 1.37. The Labute approximate surface area is 111 Å². The molecule has 0 spiro atoms. The fourth-order valence-electron chi connectivity index (χ4n) is 1.75. The molecule has 1 unspecified atom stereocenters. The Morgan fingerprint density at radius 2 is 2.37 bits per heavy atom. The summed E-state index contributed by atoms with van der Waals surface area (Å²) >= 11 is 0. The van der Waals surface area contributed by atoms with Crippen LogP contribution in [0.1, 0.15) is 6.92 Å². The van der Waals surface area contributed by atoms with Crippen LogP contribution in [0.2, 0.25) is 0 Å². The fraction of sp³-hybridized carbons (Fsp3) is 0.385. The van der Waals surface area contributed by atoms with E-state index < -0.39 is 0 Å². The maximum absolute atomic E-state index is 11.3. The topological polar surface area (TPSA) is 76.7 Å². The summed E-state index contributed by atoms with van der Waals surface area (Å²) in [6.45, 7) is 2.28. The van der Waals surface area contributed by atoms with Crippen molar-refractivity contribution in [1.82, 2.24) is 0 Å². The molecule has 0 aromatic heterocycles. The zero-order chi connectivity index (χ0) is 13.8. The van der Waals surface area contributed by atoms with Crippen LogP contribution in [0.3, 0.4) is 0 Å². The van der Waals surface area contributed by atoms with Gasteiger partial charge in [0.05, 0.1) is 18.7 Å². The lowest BCUT2D eigenvalue weighted by molar-refractivity contribution is -0.144. The predicted octanol–water partition coefficient (Wildman–Crippen LogP) is 1.24. The first-order valence-corrected chi connectivity index (χ1v) is 5.98. The molecule has 1 aliphatic heterocycles. The minimum absolute atomic E-state index is 0.0408. The Kier molecular flexibility index (Phi) is 3.89. The van der Waals surface area contributed by atoms with Gasteiger partial charge in [0.15, 0.2) is 6.61 Å². The number of benzene rings is 1. The molecule has 2 rings (SSSR count).